The van der Waals surface area contributed by atoms with Crippen molar-refractivity contribution in [3.05, 3.63) is 54.1 Å². The van der Waals surface area contributed by atoms with Crippen molar-refractivity contribution in [1.29, 1.82) is 0 Å². The molecule has 1 atom stereocenters. The summed E-state index contributed by atoms with van der Waals surface area (Å²) in [4.78, 5) is 29.2. The molecule has 1 unspecified atom stereocenters. The van der Waals surface area contributed by atoms with Gasteiger partial charge in [0.15, 0.2) is 0 Å². The lowest BCUT2D eigenvalue weighted by Crippen LogP contribution is -2.35. The summed E-state index contributed by atoms with van der Waals surface area (Å²) in [5.74, 6) is 0.200. The first-order valence-electron chi connectivity index (χ1n) is 10.3. The maximum Gasteiger partial charge on any atom is 0.229 e. The molecule has 0 saturated carbocycles. The van der Waals surface area contributed by atoms with Crippen LogP contribution in [0.5, 0.6) is 5.75 Å². The van der Waals surface area contributed by atoms with Gasteiger partial charge in [0, 0.05) is 44.0 Å². The molecule has 2 aromatic carbocycles. The first-order valence-corrected chi connectivity index (χ1v) is 10.3. The van der Waals surface area contributed by atoms with Gasteiger partial charge in [0.2, 0.25) is 11.8 Å². The van der Waals surface area contributed by atoms with Gasteiger partial charge in [0.05, 0.1) is 26.2 Å². The number of carbonyl (C=O) groups is 2. The van der Waals surface area contributed by atoms with Crippen molar-refractivity contribution in [3.8, 4) is 5.75 Å². The predicted octanol–water partition coefficient (Wildman–Crippen LogP) is 2.52. The molecule has 158 valence electrons. The molecule has 4 rings (SSSR count). The molecular weight excluding hydrogens is 382 g/mol. The average molecular weight is 409 g/mol. The number of anilines is 2. The van der Waals surface area contributed by atoms with E-state index in [4.69, 9.17) is 9.47 Å². The van der Waals surface area contributed by atoms with Gasteiger partial charge < -0.3 is 19.7 Å². The van der Waals surface area contributed by atoms with Crippen molar-refractivity contribution in [2.24, 2.45) is 5.92 Å². The van der Waals surface area contributed by atoms with Crippen LogP contribution in [0.2, 0.25) is 0 Å². The highest BCUT2D eigenvalue weighted by Gasteiger charge is 2.35. The molecule has 0 aliphatic carbocycles. The minimum atomic E-state index is -0.368. The molecular formula is C23H27N3O4. The van der Waals surface area contributed by atoms with Crippen LogP contribution in [-0.4, -0.2) is 56.7 Å². The Balaban J connectivity index is 1.32. The first-order chi connectivity index (χ1) is 14.6. The van der Waals surface area contributed by atoms with Crippen molar-refractivity contribution in [2.75, 3.05) is 50.2 Å². The van der Waals surface area contributed by atoms with Crippen LogP contribution in [-0.2, 0) is 20.9 Å². The number of nitrogens with zero attached hydrogens (tertiary/aromatic N) is 2. The lowest BCUT2D eigenvalue weighted by molar-refractivity contribution is -0.122. The van der Waals surface area contributed by atoms with Gasteiger partial charge in [0.1, 0.15) is 5.75 Å². The Morgan fingerprint density at radius 1 is 1.10 bits per heavy atom. The van der Waals surface area contributed by atoms with Crippen LogP contribution < -0.4 is 15.0 Å². The number of hydrogen-bond donors (Lipinski definition) is 1. The smallest absolute Gasteiger partial charge is 0.229 e. The molecule has 0 spiro atoms. The number of nitrogens with one attached hydrogen (secondary N) is 1. The first kappa shape index (κ1) is 20.4. The number of methoxy groups -OCH3 is 1. The van der Waals surface area contributed by atoms with Crippen molar-refractivity contribution < 1.29 is 19.1 Å². The van der Waals surface area contributed by atoms with Gasteiger partial charge >= 0.3 is 0 Å². The number of amides is 2. The summed E-state index contributed by atoms with van der Waals surface area (Å²) in [7, 11) is 1.60. The maximum absolute atomic E-state index is 12.7. The van der Waals surface area contributed by atoms with Gasteiger partial charge in [-0.3, -0.25) is 14.5 Å². The number of ether oxygens (including phenoxy) is 2. The van der Waals surface area contributed by atoms with E-state index in [9.17, 15) is 9.59 Å². The number of hydrogen-bond acceptors (Lipinski definition) is 5. The van der Waals surface area contributed by atoms with Gasteiger partial charge in [-0.25, -0.2) is 0 Å². The molecule has 2 saturated heterocycles. The molecule has 2 aliphatic rings. The molecule has 2 aliphatic heterocycles. The number of benzene rings is 2. The molecule has 2 heterocycles. The standard InChI is InChI=1S/C23H27N3O4/c1-29-21-8-6-20(7-9-21)26-16-18(14-22(26)27)23(28)24-19-4-2-17(3-5-19)15-25-10-12-30-13-11-25/h2-9,18H,10-16H2,1H3,(H,24,28). The number of rotatable bonds is 6. The van der Waals surface area contributed by atoms with Gasteiger partial charge in [-0.05, 0) is 42.0 Å². The summed E-state index contributed by atoms with van der Waals surface area (Å²) >= 11 is 0. The number of morpholine rings is 1. The van der Waals surface area contributed by atoms with Crippen molar-refractivity contribution in [3.63, 3.8) is 0 Å². The van der Waals surface area contributed by atoms with Gasteiger partial charge in [-0.2, -0.15) is 0 Å². The number of carbonyl (C=O) groups excluding carboxylic acids is 2. The average Bonchev–Trinajstić information content (AvgIpc) is 3.18. The van der Waals surface area contributed by atoms with Crippen LogP contribution in [0.15, 0.2) is 48.5 Å². The Morgan fingerprint density at radius 3 is 2.47 bits per heavy atom. The third-order valence-electron chi connectivity index (χ3n) is 5.61. The fraction of sp³-hybridized carbons (Fsp3) is 0.391. The fourth-order valence-corrected chi connectivity index (χ4v) is 3.85. The lowest BCUT2D eigenvalue weighted by atomic mass is 10.1. The molecule has 0 aromatic heterocycles. The normalized spacial score (nSPS) is 19.7. The third-order valence-corrected chi connectivity index (χ3v) is 5.61. The third kappa shape index (κ3) is 4.80. The monoisotopic (exact) mass is 409 g/mol. The Morgan fingerprint density at radius 2 is 1.80 bits per heavy atom. The molecule has 7 nitrogen and oxygen atoms in total. The van der Waals surface area contributed by atoms with Gasteiger partial charge in [-0.15, -0.1) is 0 Å². The second-order valence-corrected chi connectivity index (χ2v) is 7.68. The second kappa shape index (κ2) is 9.28. The molecule has 1 N–H and O–H groups in total. The van der Waals surface area contributed by atoms with Crippen molar-refractivity contribution >= 4 is 23.2 Å². The highest BCUT2D eigenvalue weighted by Crippen LogP contribution is 2.27. The van der Waals surface area contributed by atoms with Gasteiger partial charge in [0.25, 0.3) is 0 Å². The molecule has 2 aromatic rings. The SMILES string of the molecule is COc1ccc(N2CC(C(=O)Nc3ccc(CN4CCOCC4)cc3)CC2=O)cc1. The zero-order chi connectivity index (χ0) is 20.9. The van der Waals surface area contributed by atoms with E-state index in [0.717, 1.165) is 50.0 Å². The van der Waals surface area contributed by atoms with Crippen molar-refractivity contribution in [1.82, 2.24) is 4.90 Å². The minimum Gasteiger partial charge on any atom is -0.497 e. The molecule has 30 heavy (non-hydrogen) atoms. The fourth-order valence-electron chi connectivity index (χ4n) is 3.85. The Kier molecular flexibility index (Phi) is 6.30. The van der Waals surface area contributed by atoms with E-state index in [1.165, 1.54) is 5.56 Å². The van der Waals surface area contributed by atoms with Crippen LogP contribution in [0.4, 0.5) is 11.4 Å². The van der Waals surface area contributed by atoms with Crippen LogP contribution in [0.1, 0.15) is 12.0 Å². The molecule has 2 fully saturated rings. The Labute approximate surface area is 176 Å². The van der Waals surface area contributed by atoms with E-state index in [0.29, 0.717) is 6.54 Å². The summed E-state index contributed by atoms with van der Waals surface area (Å²) < 4.78 is 10.5. The molecule has 7 heteroatoms. The summed E-state index contributed by atoms with van der Waals surface area (Å²) in [5.41, 5.74) is 2.74. The zero-order valence-electron chi connectivity index (χ0n) is 17.2. The summed E-state index contributed by atoms with van der Waals surface area (Å²) in [6.07, 6.45) is 0.215. The minimum absolute atomic E-state index is 0.0406. The molecule has 0 bridgehead atoms. The predicted molar refractivity (Wildman–Crippen MR) is 115 cm³/mol. The largest absolute Gasteiger partial charge is 0.497 e. The maximum atomic E-state index is 12.7. The molecule has 0 radical (unpaired) electrons. The quantitative estimate of drug-likeness (QED) is 0.794. The van der Waals surface area contributed by atoms with E-state index >= 15 is 0 Å². The topological polar surface area (TPSA) is 71.1 Å². The Bertz CT molecular complexity index is 876. The summed E-state index contributed by atoms with van der Waals surface area (Å²) in [6, 6.07) is 15.2. The Hall–Kier alpha value is -2.90. The van der Waals surface area contributed by atoms with Crippen LogP contribution in [0, 0.1) is 5.92 Å². The zero-order valence-corrected chi connectivity index (χ0v) is 17.2. The van der Waals surface area contributed by atoms with Gasteiger partial charge in [-0.1, -0.05) is 12.1 Å². The van der Waals surface area contributed by atoms with Crippen LogP contribution in [0.25, 0.3) is 0 Å². The van der Waals surface area contributed by atoms with E-state index in [1.807, 2.05) is 48.5 Å². The van der Waals surface area contributed by atoms with Crippen molar-refractivity contribution in [2.45, 2.75) is 13.0 Å². The highest BCUT2D eigenvalue weighted by molar-refractivity contribution is 6.03. The van der Waals surface area contributed by atoms with E-state index in [1.54, 1.807) is 12.0 Å². The highest BCUT2D eigenvalue weighted by atomic mass is 16.5. The van der Waals surface area contributed by atoms with E-state index in [2.05, 4.69) is 10.2 Å². The second-order valence-electron chi connectivity index (χ2n) is 7.68. The van der Waals surface area contributed by atoms with E-state index < -0.39 is 0 Å². The van der Waals surface area contributed by atoms with E-state index in [-0.39, 0.29) is 24.2 Å². The summed E-state index contributed by atoms with van der Waals surface area (Å²) in [6.45, 7) is 4.71. The van der Waals surface area contributed by atoms with Crippen LogP contribution in [0.3, 0.4) is 0 Å². The lowest BCUT2D eigenvalue weighted by Gasteiger charge is -2.26. The summed E-state index contributed by atoms with van der Waals surface area (Å²) in [5, 5.41) is 2.95. The molecule has 2 amide bonds. The van der Waals surface area contributed by atoms with Crippen LogP contribution >= 0.6 is 0 Å².